The van der Waals surface area contributed by atoms with Gasteiger partial charge in [-0.2, -0.15) is 0 Å². The summed E-state index contributed by atoms with van der Waals surface area (Å²) in [5, 5.41) is 11.5. The number of aliphatic hydroxyl groups is 1. The third-order valence-corrected chi connectivity index (χ3v) is 6.09. The van der Waals surface area contributed by atoms with E-state index in [4.69, 9.17) is 4.74 Å². The van der Waals surface area contributed by atoms with Gasteiger partial charge in [0, 0.05) is 0 Å². The van der Waals surface area contributed by atoms with Crippen LogP contribution in [0.3, 0.4) is 0 Å². The largest absolute Gasteiger partial charge is 1.00 e. The highest BCUT2D eigenvalue weighted by Gasteiger charge is 2.42. The van der Waals surface area contributed by atoms with Crippen molar-refractivity contribution in [2.45, 2.75) is 57.1 Å². The molecule has 2 aromatic rings. The lowest BCUT2D eigenvalue weighted by molar-refractivity contribution is -0.924. The van der Waals surface area contributed by atoms with Gasteiger partial charge < -0.3 is 27.2 Å². The number of carbonyl (C=O) groups excluding carboxylic acids is 1. The normalized spacial score (nSPS) is 17.0. The number of hydrogen-bond donors (Lipinski definition) is 2. The first-order valence-corrected chi connectivity index (χ1v) is 11.0. The van der Waals surface area contributed by atoms with E-state index in [-0.39, 0.29) is 18.4 Å². The second kappa shape index (κ2) is 12.1. The Kier molecular flexibility index (Phi) is 9.83. The third kappa shape index (κ3) is 6.07. The van der Waals surface area contributed by atoms with E-state index in [1.807, 2.05) is 36.4 Å². The molecule has 1 unspecified atom stereocenters. The number of benzene rings is 2. The summed E-state index contributed by atoms with van der Waals surface area (Å²) in [6, 6.07) is 18.3. The van der Waals surface area contributed by atoms with E-state index in [1.165, 1.54) is 43.4 Å². The van der Waals surface area contributed by atoms with Crippen LogP contribution < -0.4 is 17.3 Å². The van der Waals surface area contributed by atoms with Gasteiger partial charge in [-0.15, -0.1) is 0 Å². The van der Waals surface area contributed by atoms with Crippen LogP contribution in [-0.4, -0.2) is 36.8 Å². The lowest BCUT2D eigenvalue weighted by atomic mass is 9.86. The Hall–Kier alpha value is -1.88. The zero-order chi connectivity index (χ0) is 20.5. The minimum absolute atomic E-state index is 0. The summed E-state index contributed by atoms with van der Waals surface area (Å²) in [4.78, 5) is 14.7. The summed E-state index contributed by atoms with van der Waals surface area (Å²) in [5.41, 5.74) is -0.747. The lowest BCUT2D eigenvalue weighted by Crippen LogP contribution is -3.16. The molecule has 1 aliphatic rings. The number of quaternary nitrogens is 1. The molecule has 0 radical (unpaired) electrons. The van der Waals surface area contributed by atoms with Crippen molar-refractivity contribution in [2.75, 3.05) is 19.7 Å². The fourth-order valence-electron chi connectivity index (χ4n) is 4.21. The molecular weight excluding hydrogens is 398 g/mol. The average molecular weight is 432 g/mol. The van der Waals surface area contributed by atoms with Gasteiger partial charge in [0.1, 0.15) is 12.6 Å². The zero-order valence-corrected chi connectivity index (χ0v) is 18.6. The SMILES string of the molecule is CC(COC(=O)C(O)(c1ccccc1)c1ccccc1)[NH+]1CCCCCCCC1.[Cl-]. The average Bonchev–Trinajstić information content (AvgIpc) is 2.92. The molecule has 1 saturated heterocycles. The van der Waals surface area contributed by atoms with Gasteiger partial charge >= 0.3 is 5.97 Å². The molecule has 5 heteroatoms. The summed E-state index contributed by atoms with van der Waals surface area (Å²) in [6.07, 6.45) is 7.70. The smallest absolute Gasteiger partial charge is 0.347 e. The van der Waals surface area contributed by atoms with Crippen LogP contribution >= 0.6 is 0 Å². The van der Waals surface area contributed by atoms with Crippen LogP contribution in [0.5, 0.6) is 0 Å². The molecule has 1 heterocycles. The molecule has 0 amide bonds. The van der Waals surface area contributed by atoms with Crippen molar-refractivity contribution in [1.82, 2.24) is 0 Å². The number of halogens is 1. The molecule has 1 aliphatic heterocycles. The molecule has 2 aromatic carbocycles. The Bertz CT molecular complexity index is 704. The highest BCUT2D eigenvalue weighted by atomic mass is 35.5. The summed E-state index contributed by atoms with van der Waals surface area (Å²) in [7, 11) is 0. The maximum absolute atomic E-state index is 13.1. The molecule has 1 atom stereocenters. The predicted molar refractivity (Wildman–Crippen MR) is 115 cm³/mol. The number of esters is 1. The Morgan fingerprint density at radius 1 is 0.900 bits per heavy atom. The first-order valence-electron chi connectivity index (χ1n) is 11.0. The molecule has 0 spiro atoms. The van der Waals surface area contributed by atoms with Crippen molar-refractivity contribution in [2.24, 2.45) is 0 Å². The van der Waals surface area contributed by atoms with Crippen LogP contribution in [0.25, 0.3) is 0 Å². The van der Waals surface area contributed by atoms with E-state index in [2.05, 4.69) is 6.92 Å². The standard InChI is InChI=1S/C25H33NO3.ClH/c1-21(26-18-12-4-2-3-5-13-19-26)20-29-24(27)25(28,22-14-8-6-9-15-22)23-16-10-7-11-17-23;/h6-11,14-17,21,28H,2-5,12-13,18-20H2,1H3;1H. The Balaban J connectivity index is 0.00000320. The second-order valence-corrected chi connectivity index (χ2v) is 8.22. The maximum Gasteiger partial charge on any atom is 0.347 e. The Morgan fingerprint density at radius 2 is 1.33 bits per heavy atom. The molecule has 3 rings (SSSR count). The van der Waals surface area contributed by atoms with Gasteiger partial charge in [0.2, 0.25) is 5.60 Å². The molecule has 164 valence electrons. The van der Waals surface area contributed by atoms with E-state index >= 15 is 0 Å². The number of rotatable bonds is 6. The van der Waals surface area contributed by atoms with Gasteiger partial charge in [0.15, 0.2) is 0 Å². The molecule has 0 aliphatic carbocycles. The van der Waals surface area contributed by atoms with E-state index in [1.54, 1.807) is 24.3 Å². The molecule has 2 N–H and O–H groups in total. The van der Waals surface area contributed by atoms with Crippen molar-refractivity contribution in [3.05, 3.63) is 71.8 Å². The maximum atomic E-state index is 13.1. The Labute approximate surface area is 186 Å². The van der Waals surface area contributed by atoms with Gasteiger partial charge in [0.25, 0.3) is 0 Å². The van der Waals surface area contributed by atoms with Crippen molar-refractivity contribution < 1.29 is 31.9 Å². The highest BCUT2D eigenvalue weighted by Crippen LogP contribution is 2.31. The van der Waals surface area contributed by atoms with Crippen molar-refractivity contribution >= 4 is 5.97 Å². The molecule has 4 nitrogen and oxygen atoms in total. The van der Waals surface area contributed by atoms with Crippen LogP contribution in [0.1, 0.15) is 56.6 Å². The van der Waals surface area contributed by atoms with Gasteiger partial charge in [-0.25, -0.2) is 4.79 Å². The quantitative estimate of drug-likeness (QED) is 0.638. The molecule has 0 saturated carbocycles. The highest BCUT2D eigenvalue weighted by molar-refractivity contribution is 5.85. The van der Waals surface area contributed by atoms with Crippen LogP contribution in [0, 0.1) is 0 Å². The van der Waals surface area contributed by atoms with Gasteiger partial charge in [-0.05, 0) is 43.7 Å². The number of carbonyl (C=O) groups is 1. The van der Waals surface area contributed by atoms with Crippen LogP contribution in [-0.2, 0) is 15.1 Å². The molecule has 1 fully saturated rings. The van der Waals surface area contributed by atoms with E-state index in [0.717, 1.165) is 13.1 Å². The summed E-state index contributed by atoms with van der Waals surface area (Å²) < 4.78 is 5.72. The summed E-state index contributed by atoms with van der Waals surface area (Å²) in [5.74, 6) is -0.606. The lowest BCUT2D eigenvalue weighted by Gasteiger charge is -2.29. The monoisotopic (exact) mass is 431 g/mol. The van der Waals surface area contributed by atoms with Crippen molar-refractivity contribution in [3.63, 3.8) is 0 Å². The minimum Gasteiger partial charge on any atom is -1.00 e. The van der Waals surface area contributed by atoms with Crippen LogP contribution in [0.2, 0.25) is 0 Å². The first-order chi connectivity index (χ1) is 14.1. The fraction of sp³-hybridized carbons (Fsp3) is 0.480. The Morgan fingerprint density at radius 3 is 1.80 bits per heavy atom. The summed E-state index contributed by atoms with van der Waals surface area (Å²) >= 11 is 0. The third-order valence-electron chi connectivity index (χ3n) is 6.09. The topological polar surface area (TPSA) is 51.0 Å². The van der Waals surface area contributed by atoms with E-state index in [0.29, 0.717) is 17.7 Å². The molecule has 0 aromatic heterocycles. The van der Waals surface area contributed by atoms with Gasteiger partial charge in [0.05, 0.1) is 13.1 Å². The molecular formula is C25H34ClNO3. The zero-order valence-electron chi connectivity index (χ0n) is 17.9. The number of hydrogen-bond acceptors (Lipinski definition) is 3. The second-order valence-electron chi connectivity index (χ2n) is 8.22. The van der Waals surface area contributed by atoms with Gasteiger partial charge in [-0.1, -0.05) is 73.5 Å². The molecule has 30 heavy (non-hydrogen) atoms. The number of nitrogens with one attached hydrogen (secondary N) is 1. The van der Waals surface area contributed by atoms with Crippen molar-refractivity contribution in [3.8, 4) is 0 Å². The minimum atomic E-state index is -1.80. The van der Waals surface area contributed by atoms with E-state index < -0.39 is 11.6 Å². The molecule has 0 bridgehead atoms. The van der Waals surface area contributed by atoms with Crippen LogP contribution in [0.4, 0.5) is 0 Å². The van der Waals surface area contributed by atoms with Gasteiger partial charge in [-0.3, -0.25) is 0 Å². The van der Waals surface area contributed by atoms with E-state index in [9.17, 15) is 9.90 Å². The summed E-state index contributed by atoms with van der Waals surface area (Å²) in [6.45, 7) is 4.71. The predicted octanol–water partition coefficient (Wildman–Crippen LogP) is 0.0973. The number of ether oxygens (including phenoxy) is 1. The van der Waals surface area contributed by atoms with Crippen LogP contribution in [0.15, 0.2) is 60.7 Å². The fourth-order valence-corrected chi connectivity index (χ4v) is 4.21. The van der Waals surface area contributed by atoms with Crippen molar-refractivity contribution in [1.29, 1.82) is 0 Å². The first kappa shape index (κ1) is 24.4.